The fraction of sp³-hybridized carbons (Fsp3) is 0.222. The van der Waals surface area contributed by atoms with E-state index >= 15 is 0 Å². The number of amides is 1. The lowest BCUT2D eigenvalue weighted by molar-refractivity contribution is -0.116. The first-order valence-corrected chi connectivity index (χ1v) is 9.71. The van der Waals surface area contributed by atoms with Crippen LogP contribution in [0.5, 0.6) is 5.75 Å². The molecular weight excluding hydrogens is 361 g/mol. The number of ketones is 1. The van der Waals surface area contributed by atoms with E-state index in [4.69, 9.17) is 4.74 Å². The highest BCUT2D eigenvalue weighted by molar-refractivity contribution is 7.90. The van der Waals surface area contributed by atoms with Gasteiger partial charge in [-0.15, -0.1) is 0 Å². The van der Waals surface area contributed by atoms with E-state index in [-0.39, 0.29) is 28.5 Å². The lowest BCUT2D eigenvalue weighted by Crippen LogP contribution is -2.21. The van der Waals surface area contributed by atoms with Gasteiger partial charge in [0.05, 0.1) is 10.5 Å². The summed E-state index contributed by atoms with van der Waals surface area (Å²) in [7, 11) is -3.40. The first kappa shape index (κ1) is 18.1. The molecule has 0 saturated carbocycles. The van der Waals surface area contributed by atoms with E-state index in [9.17, 15) is 22.4 Å². The van der Waals surface area contributed by atoms with Crippen molar-refractivity contribution >= 4 is 27.2 Å². The Morgan fingerprint density at radius 2 is 2.00 bits per heavy atom. The monoisotopic (exact) mass is 377 g/mol. The molecule has 8 heteroatoms. The van der Waals surface area contributed by atoms with Crippen molar-refractivity contribution in [2.24, 2.45) is 0 Å². The van der Waals surface area contributed by atoms with Crippen LogP contribution in [-0.2, 0) is 21.1 Å². The van der Waals surface area contributed by atoms with Crippen LogP contribution in [-0.4, -0.2) is 33.0 Å². The van der Waals surface area contributed by atoms with Crippen molar-refractivity contribution < 1.29 is 27.1 Å². The van der Waals surface area contributed by atoms with Gasteiger partial charge < -0.3 is 10.1 Å². The molecule has 0 radical (unpaired) electrons. The Morgan fingerprint density at radius 3 is 2.73 bits per heavy atom. The molecule has 0 spiro atoms. The molecule has 0 aromatic heterocycles. The Morgan fingerprint density at radius 1 is 1.23 bits per heavy atom. The van der Waals surface area contributed by atoms with Crippen LogP contribution in [0, 0.1) is 5.82 Å². The third-order valence-electron chi connectivity index (χ3n) is 3.99. The number of carbonyl (C=O) groups is 2. The quantitative estimate of drug-likeness (QED) is 0.808. The molecule has 3 rings (SSSR count). The maximum absolute atomic E-state index is 14.2. The zero-order valence-corrected chi connectivity index (χ0v) is 14.7. The van der Waals surface area contributed by atoms with E-state index in [1.807, 2.05) is 0 Å². The summed E-state index contributed by atoms with van der Waals surface area (Å²) >= 11 is 0. The Bertz CT molecular complexity index is 1000. The molecule has 26 heavy (non-hydrogen) atoms. The number of ether oxygens (including phenoxy) is 1. The summed E-state index contributed by atoms with van der Waals surface area (Å²) in [6.45, 7) is -0.435. The maximum Gasteiger partial charge on any atom is 0.224 e. The second-order valence-electron chi connectivity index (χ2n) is 6.00. The first-order chi connectivity index (χ1) is 12.2. The molecule has 1 aliphatic rings. The molecule has 0 aliphatic carbocycles. The number of hydrogen-bond acceptors (Lipinski definition) is 5. The van der Waals surface area contributed by atoms with Gasteiger partial charge in [-0.1, -0.05) is 6.07 Å². The van der Waals surface area contributed by atoms with Gasteiger partial charge in [-0.05, 0) is 42.3 Å². The maximum atomic E-state index is 14.2. The van der Waals surface area contributed by atoms with E-state index in [0.717, 1.165) is 12.3 Å². The number of carbonyl (C=O) groups excluding carboxylic acids is 2. The van der Waals surface area contributed by atoms with Crippen LogP contribution in [0.2, 0.25) is 0 Å². The normalized spacial score (nSPS) is 13.7. The van der Waals surface area contributed by atoms with Gasteiger partial charge in [0.15, 0.2) is 16.4 Å². The van der Waals surface area contributed by atoms with Crippen LogP contribution in [0.4, 0.5) is 10.1 Å². The Labute approximate surface area is 149 Å². The highest BCUT2D eigenvalue weighted by Crippen LogP contribution is 2.26. The number of benzene rings is 2. The summed E-state index contributed by atoms with van der Waals surface area (Å²) in [5.41, 5.74) is 0.935. The van der Waals surface area contributed by atoms with Crippen LogP contribution < -0.4 is 10.1 Å². The van der Waals surface area contributed by atoms with E-state index in [1.54, 1.807) is 0 Å². The van der Waals surface area contributed by atoms with E-state index in [1.165, 1.54) is 30.3 Å². The Balaban J connectivity index is 1.76. The molecule has 1 amide bonds. The van der Waals surface area contributed by atoms with Crippen molar-refractivity contribution in [2.45, 2.75) is 17.7 Å². The predicted molar refractivity (Wildman–Crippen MR) is 92.7 cm³/mol. The largest absolute Gasteiger partial charge is 0.485 e. The zero-order valence-electron chi connectivity index (χ0n) is 13.9. The Kier molecular flexibility index (Phi) is 4.78. The van der Waals surface area contributed by atoms with Crippen molar-refractivity contribution in [3.63, 3.8) is 0 Å². The number of aryl methyl sites for hydroxylation is 1. The van der Waals surface area contributed by atoms with E-state index in [2.05, 4.69) is 5.32 Å². The number of anilines is 1. The van der Waals surface area contributed by atoms with Gasteiger partial charge in [-0.3, -0.25) is 9.59 Å². The van der Waals surface area contributed by atoms with Gasteiger partial charge in [0.1, 0.15) is 11.6 Å². The molecule has 1 N–H and O–H groups in total. The molecule has 0 saturated heterocycles. The summed E-state index contributed by atoms with van der Waals surface area (Å²) in [6.07, 6.45) is 1.78. The van der Waals surface area contributed by atoms with Crippen molar-refractivity contribution in [1.82, 2.24) is 0 Å². The summed E-state index contributed by atoms with van der Waals surface area (Å²) in [5.74, 6) is -1.31. The van der Waals surface area contributed by atoms with Gasteiger partial charge in [0.25, 0.3) is 0 Å². The standard InChI is InChI=1S/C18H16FNO5S/c1-26(23,24)13-4-2-3-12(8-13)25-10-17(21)14-7-11-5-6-18(22)20-16(11)9-15(14)19/h2-4,7-9H,5-6,10H2,1H3,(H,20,22). The van der Waals surface area contributed by atoms with Crippen LogP contribution >= 0.6 is 0 Å². The smallest absolute Gasteiger partial charge is 0.224 e. The minimum absolute atomic E-state index is 0.0677. The molecule has 0 unspecified atom stereocenters. The molecule has 2 aromatic carbocycles. The summed E-state index contributed by atoms with van der Waals surface area (Å²) in [6, 6.07) is 8.29. The predicted octanol–water partition coefficient (Wildman–Crippen LogP) is 2.38. The molecule has 136 valence electrons. The molecule has 0 bridgehead atoms. The SMILES string of the molecule is CS(=O)(=O)c1cccc(OCC(=O)c2cc3c(cc2F)NC(=O)CC3)c1. The molecule has 6 nitrogen and oxygen atoms in total. The summed E-state index contributed by atoms with van der Waals surface area (Å²) < 4.78 is 42.6. The third kappa shape index (κ3) is 3.91. The van der Waals surface area contributed by atoms with Crippen molar-refractivity contribution in [3.8, 4) is 5.75 Å². The molecule has 1 aliphatic heterocycles. The van der Waals surface area contributed by atoms with Crippen molar-refractivity contribution in [3.05, 3.63) is 53.3 Å². The van der Waals surface area contributed by atoms with Crippen molar-refractivity contribution in [2.75, 3.05) is 18.2 Å². The van der Waals surface area contributed by atoms with Gasteiger partial charge in [0.2, 0.25) is 11.7 Å². The van der Waals surface area contributed by atoms with Gasteiger partial charge in [0, 0.05) is 18.4 Å². The number of fused-ring (bicyclic) bond motifs is 1. The molecular formula is C18H16FNO5S. The zero-order chi connectivity index (χ0) is 18.9. The second-order valence-corrected chi connectivity index (χ2v) is 8.01. The number of rotatable bonds is 5. The first-order valence-electron chi connectivity index (χ1n) is 7.82. The number of Topliss-reactive ketones (excluding diaryl/α,β-unsaturated/α-hetero) is 1. The average Bonchev–Trinajstić information content (AvgIpc) is 2.58. The lowest BCUT2D eigenvalue weighted by atomic mass is 9.98. The molecule has 0 fully saturated rings. The number of hydrogen-bond donors (Lipinski definition) is 1. The van der Waals surface area contributed by atoms with E-state index < -0.39 is 28.0 Å². The van der Waals surface area contributed by atoms with Gasteiger partial charge in [-0.25, -0.2) is 12.8 Å². The van der Waals surface area contributed by atoms with Crippen LogP contribution in [0.3, 0.4) is 0 Å². The van der Waals surface area contributed by atoms with Crippen molar-refractivity contribution in [1.29, 1.82) is 0 Å². The summed E-state index contributed by atoms with van der Waals surface area (Å²) in [4.78, 5) is 23.7. The number of halogens is 1. The average molecular weight is 377 g/mol. The number of nitrogens with one attached hydrogen (secondary N) is 1. The molecule has 1 heterocycles. The van der Waals surface area contributed by atoms with Crippen LogP contribution in [0.1, 0.15) is 22.3 Å². The Hall–Kier alpha value is -2.74. The van der Waals surface area contributed by atoms with Gasteiger partial charge in [-0.2, -0.15) is 0 Å². The highest BCUT2D eigenvalue weighted by Gasteiger charge is 2.21. The minimum atomic E-state index is -3.40. The minimum Gasteiger partial charge on any atom is -0.485 e. The van der Waals surface area contributed by atoms with Gasteiger partial charge >= 0.3 is 0 Å². The van der Waals surface area contributed by atoms with Crippen LogP contribution in [0.15, 0.2) is 41.3 Å². The fourth-order valence-electron chi connectivity index (χ4n) is 2.64. The molecule has 2 aromatic rings. The summed E-state index contributed by atoms with van der Waals surface area (Å²) in [5, 5.41) is 2.57. The molecule has 0 atom stereocenters. The second kappa shape index (κ2) is 6.87. The van der Waals surface area contributed by atoms with Crippen LogP contribution in [0.25, 0.3) is 0 Å². The fourth-order valence-corrected chi connectivity index (χ4v) is 3.29. The lowest BCUT2D eigenvalue weighted by Gasteiger charge is -2.18. The van der Waals surface area contributed by atoms with E-state index in [0.29, 0.717) is 17.7 Å². The number of sulfone groups is 1. The topological polar surface area (TPSA) is 89.5 Å². The third-order valence-corrected chi connectivity index (χ3v) is 5.10. The highest BCUT2D eigenvalue weighted by atomic mass is 32.2.